The van der Waals surface area contributed by atoms with Crippen molar-refractivity contribution in [3.05, 3.63) is 0 Å². The lowest BCUT2D eigenvalue weighted by atomic mass is 10.2. The van der Waals surface area contributed by atoms with Crippen molar-refractivity contribution in [2.45, 2.75) is 26.1 Å². The normalized spacial score (nSPS) is 17.3. The van der Waals surface area contributed by atoms with E-state index >= 15 is 0 Å². The van der Waals surface area contributed by atoms with Crippen LogP contribution in [0.15, 0.2) is 0 Å². The average Bonchev–Trinajstić information content (AvgIpc) is 1.82. The van der Waals surface area contributed by atoms with E-state index in [1.807, 2.05) is 6.92 Å². The molecule has 56 valence electrons. The van der Waals surface area contributed by atoms with Crippen molar-refractivity contribution in [2.24, 2.45) is 0 Å². The molecule has 0 aromatic carbocycles. The third-order valence-corrected chi connectivity index (χ3v) is 1.16. The number of likely N-dealkylation sites (N-methyl/N-ethyl adjacent to an activating group) is 1. The molecule has 0 amide bonds. The molecule has 0 aliphatic carbocycles. The van der Waals surface area contributed by atoms with E-state index in [-0.39, 0.29) is 0 Å². The van der Waals surface area contributed by atoms with Crippen LogP contribution >= 0.6 is 0 Å². The van der Waals surface area contributed by atoms with Gasteiger partial charge in [-0.2, -0.15) is 0 Å². The van der Waals surface area contributed by atoms with Gasteiger partial charge < -0.3 is 15.5 Å². The van der Waals surface area contributed by atoms with Gasteiger partial charge in [-0.25, -0.2) is 0 Å². The minimum Gasteiger partial charge on any atom is -0.391 e. The summed E-state index contributed by atoms with van der Waals surface area (Å²) in [5.74, 6) is 0. The summed E-state index contributed by atoms with van der Waals surface area (Å²) in [5.41, 5.74) is 0. The fourth-order valence-corrected chi connectivity index (χ4v) is 0.463. The Morgan fingerprint density at radius 2 is 2.00 bits per heavy atom. The molecule has 0 fully saturated rings. The lowest BCUT2D eigenvalue weighted by molar-refractivity contribution is 0.0323. The smallest absolute Gasteiger partial charge is 0.0920 e. The highest BCUT2D eigenvalue weighted by Gasteiger charge is 2.08. The van der Waals surface area contributed by atoms with Crippen LogP contribution in [0, 0.1) is 0 Å². The second kappa shape index (κ2) is 4.73. The SMILES string of the molecule is CCNCC(O)C(C)O. The van der Waals surface area contributed by atoms with Crippen molar-refractivity contribution in [3.8, 4) is 0 Å². The molecule has 0 rings (SSSR count). The summed E-state index contributed by atoms with van der Waals surface area (Å²) >= 11 is 0. The second-order valence-corrected chi connectivity index (χ2v) is 2.12. The molecule has 0 bridgehead atoms. The van der Waals surface area contributed by atoms with E-state index in [0.29, 0.717) is 6.54 Å². The van der Waals surface area contributed by atoms with Crippen LogP contribution in [0.2, 0.25) is 0 Å². The number of hydrogen-bond acceptors (Lipinski definition) is 3. The first-order chi connectivity index (χ1) is 4.18. The van der Waals surface area contributed by atoms with Gasteiger partial charge in [0.2, 0.25) is 0 Å². The van der Waals surface area contributed by atoms with Crippen molar-refractivity contribution in [1.29, 1.82) is 0 Å². The van der Waals surface area contributed by atoms with E-state index in [9.17, 15) is 0 Å². The maximum atomic E-state index is 8.95. The van der Waals surface area contributed by atoms with Crippen LogP contribution in [0.1, 0.15) is 13.8 Å². The minimum atomic E-state index is -0.635. The van der Waals surface area contributed by atoms with Crippen LogP contribution in [0.25, 0.3) is 0 Å². The van der Waals surface area contributed by atoms with Crippen molar-refractivity contribution >= 4 is 0 Å². The average molecular weight is 133 g/mol. The Morgan fingerprint density at radius 3 is 2.33 bits per heavy atom. The highest BCUT2D eigenvalue weighted by Crippen LogP contribution is 1.87. The molecule has 0 saturated carbocycles. The van der Waals surface area contributed by atoms with Gasteiger partial charge in [-0.05, 0) is 13.5 Å². The Labute approximate surface area is 55.7 Å². The largest absolute Gasteiger partial charge is 0.391 e. The van der Waals surface area contributed by atoms with Gasteiger partial charge in [0.05, 0.1) is 12.2 Å². The van der Waals surface area contributed by atoms with Crippen molar-refractivity contribution in [2.75, 3.05) is 13.1 Å². The Kier molecular flexibility index (Phi) is 4.67. The molecule has 3 heteroatoms. The molecule has 0 saturated heterocycles. The molecule has 0 spiro atoms. The standard InChI is InChI=1S/C6H15NO2/c1-3-7-4-6(9)5(2)8/h5-9H,3-4H2,1-2H3. The second-order valence-electron chi connectivity index (χ2n) is 2.12. The summed E-state index contributed by atoms with van der Waals surface area (Å²) in [6, 6.07) is 0. The lowest BCUT2D eigenvalue weighted by Gasteiger charge is -2.12. The highest BCUT2D eigenvalue weighted by molar-refractivity contribution is 4.63. The summed E-state index contributed by atoms with van der Waals surface area (Å²) < 4.78 is 0. The van der Waals surface area contributed by atoms with Gasteiger partial charge in [0, 0.05) is 6.54 Å². The predicted molar refractivity (Wildman–Crippen MR) is 36.2 cm³/mol. The molecule has 0 aromatic rings. The molecule has 9 heavy (non-hydrogen) atoms. The fraction of sp³-hybridized carbons (Fsp3) is 1.00. The molecule has 3 N–H and O–H groups in total. The summed E-state index contributed by atoms with van der Waals surface area (Å²) in [4.78, 5) is 0. The first-order valence-electron chi connectivity index (χ1n) is 3.25. The van der Waals surface area contributed by atoms with E-state index in [1.54, 1.807) is 6.92 Å². The first-order valence-corrected chi connectivity index (χ1v) is 3.25. The number of nitrogens with one attached hydrogen (secondary N) is 1. The van der Waals surface area contributed by atoms with Gasteiger partial charge in [0.1, 0.15) is 0 Å². The summed E-state index contributed by atoms with van der Waals surface area (Å²) in [7, 11) is 0. The number of rotatable bonds is 4. The highest BCUT2D eigenvalue weighted by atomic mass is 16.3. The van der Waals surface area contributed by atoms with Gasteiger partial charge in [0.25, 0.3) is 0 Å². The maximum absolute atomic E-state index is 8.95. The first kappa shape index (κ1) is 8.88. The van der Waals surface area contributed by atoms with Crippen LogP contribution in [-0.2, 0) is 0 Å². The van der Waals surface area contributed by atoms with Crippen LogP contribution in [0.3, 0.4) is 0 Å². The molecular weight excluding hydrogens is 118 g/mol. The lowest BCUT2D eigenvalue weighted by Crippen LogP contribution is -2.34. The number of hydrogen-bond donors (Lipinski definition) is 3. The Morgan fingerprint density at radius 1 is 1.44 bits per heavy atom. The molecule has 0 aliphatic rings. The van der Waals surface area contributed by atoms with Gasteiger partial charge in [-0.3, -0.25) is 0 Å². The Bertz CT molecular complexity index is 66.1. The molecule has 3 nitrogen and oxygen atoms in total. The molecule has 2 atom stereocenters. The van der Waals surface area contributed by atoms with Crippen molar-refractivity contribution < 1.29 is 10.2 Å². The van der Waals surface area contributed by atoms with E-state index in [1.165, 1.54) is 0 Å². The monoisotopic (exact) mass is 133 g/mol. The van der Waals surface area contributed by atoms with Crippen LogP contribution in [0.5, 0.6) is 0 Å². The van der Waals surface area contributed by atoms with Crippen LogP contribution in [0.4, 0.5) is 0 Å². The number of aliphatic hydroxyl groups is 2. The Hall–Kier alpha value is -0.120. The van der Waals surface area contributed by atoms with E-state index in [0.717, 1.165) is 6.54 Å². The van der Waals surface area contributed by atoms with Gasteiger partial charge >= 0.3 is 0 Å². The van der Waals surface area contributed by atoms with Crippen molar-refractivity contribution in [3.63, 3.8) is 0 Å². The fourth-order valence-electron chi connectivity index (χ4n) is 0.463. The molecule has 0 aliphatic heterocycles. The Balaban J connectivity index is 3.16. The zero-order valence-electron chi connectivity index (χ0n) is 5.96. The molecule has 0 radical (unpaired) electrons. The minimum absolute atomic E-state index is 0.466. The van der Waals surface area contributed by atoms with Crippen LogP contribution < -0.4 is 5.32 Å². The van der Waals surface area contributed by atoms with E-state index in [4.69, 9.17) is 10.2 Å². The quantitative estimate of drug-likeness (QED) is 0.477. The van der Waals surface area contributed by atoms with Crippen molar-refractivity contribution in [1.82, 2.24) is 5.32 Å². The third kappa shape index (κ3) is 4.39. The van der Waals surface area contributed by atoms with E-state index in [2.05, 4.69) is 5.32 Å². The van der Waals surface area contributed by atoms with Gasteiger partial charge in [-0.15, -0.1) is 0 Å². The molecule has 0 aromatic heterocycles. The van der Waals surface area contributed by atoms with Crippen LogP contribution in [-0.4, -0.2) is 35.5 Å². The van der Waals surface area contributed by atoms with E-state index < -0.39 is 12.2 Å². The third-order valence-electron chi connectivity index (χ3n) is 1.16. The zero-order chi connectivity index (χ0) is 7.28. The summed E-state index contributed by atoms with van der Waals surface area (Å²) in [6.07, 6.45) is -1.27. The maximum Gasteiger partial charge on any atom is 0.0920 e. The summed E-state index contributed by atoms with van der Waals surface area (Å²) in [5, 5.41) is 20.6. The predicted octanol–water partition coefficient (Wildman–Crippen LogP) is -0.662. The zero-order valence-corrected chi connectivity index (χ0v) is 5.96. The van der Waals surface area contributed by atoms with Gasteiger partial charge in [0.15, 0.2) is 0 Å². The summed E-state index contributed by atoms with van der Waals surface area (Å²) in [6.45, 7) is 4.81. The molecule has 0 heterocycles. The number of aliphatic hydroxyl groups excluding tert-OH is 2. The topological polar surface area (TPSA) is 52.5 Å². The molecule has 2 unspecified atom stereocenters. The van der Waals surface area contributed by atoms with Gasteiger partial charge in [-0.1, -0.05) is 6.92 Å². The molecular formula is C6H15NO2.